The Hall–Kier alpha value is -5.58. The molecule has 0 bridgehead atoms. The summed E-state index contributed by atoms with van der Waals surface area (Å²) in [5, 5.41) is 1.72. The second kappa shape index (κ2) is 17.9. The molecule has 0 amide bonds. The number of nitrogens with one attached hydrogen (secondary N) is 2. The van der Waals surface area contributed by atoms with Gasteiger partial charge in [0, 0.05) is 60.1 Å². The molecule has 56 heavy (non-hydrogen) atoms. The number of hydrogen-bond acceptors (Lipinski definition) is 8. The molecule has 0 radical (unpaired) electrons. The molecule has 0 saturated carbocycles. The summed E-state index contributed by atoms with van der Waals surface area (Å²) in [6.45, 7) is 4.98. The summed E-state index contributed by atoms with van der Waals surface area (Å²) in [6, 6.07) is 36.5. The summed E-state index contributed by atoms with van der Waals surface area (Å²) in [4.78, 5) is 38.3. The molecular formula is C46H50N4O6. The number of H-pyrrole nitrogens is 2. The Kier molecular flexibility index (Phi) is 11.9. The molecule has 290 valence electrons. The number of fused-ring (bicyclic) bond motifs is 2. The van der Waals surface area contributed by atoms with E-state index in [9.17, 15) is 9.59 Å². The van der Waals surface area contributed by atoms with Crippen LogP contribution in [0.5, 0.6) is 11.5 Å². The summed E-state index contributed by atoms with van der Waals surface area (Å²) in [5.41, 5.74) is 4.55. The minimum absolute atomic E-state index is 0.379. The van der Waals surface area contributed by atoms with Gasteiger partial charge in [0.1, 0.15) is 11.5 Å². The average Bonchev–Trinajstić information content (AvgIpc) is 3.94. The van der Waals surface area contributed by atoms with Crippen molar-refractivity contribution in [2.45, 2.75) is 62.9 Å². The third-order valence-corrected chi connectivity index (χ3v) is 11.3. The highest BCUT2D eigenvalue weighted by Gasteiger charge is 2.30. The van der Waals surface area contributed by atoms with Crippen molar-refractivity contribution in [3.8, 4) is 11.5 Å². The van der Waals surface area contributed by atoms with E-state index in [4.69, 9.17) is 18.9 Å². The minimum atomic E-state index is -1.11. The number of benzene rings is 4. The molecular weight excluding hydrogens is 705 g/mol. The van der Waals surface area contributed by atoms with E-state index in [0.717, 1.165) is 73.7 Å². The Morgan fingerprint density at radius 3 is 1.36 bits per heavy atom. The lowest BCUT2D eigenvalue weighted by Gasteiger charge is -2.33. The van der Waals surface area contributed by atoms with Crippen LogP contribution in [0.1, 0.15) is 61.5 Å². The monoisotopic (exact) mass is 754 g/mol. The first kappa shape index (κ1) is 37.3. The van der Waals surface area contributed by atoms with E-state index < -0.39 is 24.5 Å². The second-order valence-corrected chi connectivity index (χ2v) is 14.9. The van der Waals surface area contributed by atoms with Gasteiger partial charge in [-0.1, -0.05) is 72.8 Å². The number of rotatable bonds is 14. The second-order valence-electron chi connectivity index (χ2n) is 14.9. The number of likely N-dealkylation sites (tertiary alicyclic amines) is 2. The van der Waals surface area contributed by atoms with E-state index >= 15 is 0 Å². The van der Waals surface area contributed by atoms with Crippen molar-refractivity contribution in [3.63, 3.8) is 0 Å². The van der Waals surface area contributed by atoms with Gasteiger partial charge in [0.25, 0.3) is 0 Å². The molecule has 10 heteroatoms. The highest BCUT2D eigenvalue weighted by atomic mass is 16.7. The number of hydrogen-bond donors (Lipinski definition) is 2. The zero-order valence-corrected chi connectivity index (χ0v) is 31.7. The van der Waals surface area contributed by atoms with E-state index in [1.54, 1.807) is 0 Å². The molecule has 4 aromatic carbocycles. The van der Waals surface area contributed by atoms with Crippen molar-refractivity contribution < 1.29 is 28.5 Å². The van der Waals surface area contributed by atoms with Crippen LogP contribution in [-0.2, 0) is 19.1 Å². The number of ether oxygens (including phenoxy) is 4. The van der Waals surface area contributed by atoms with Crippen molar-refractivity contribution in [1.29, 1.82) is 0 Å². The number of aromatic amines is 2. The molecule has 8 rings (SSSR count). The van der Waals surface area contributed by atoms with Crippen LogP contribution in [0.15, 0.2) is 122 Å². The van der Waals surface area contributed by atoms with Crippen LogP contribution in [0.2, 0.25) is 0 Å². The molecule has 2 aromatic heterocycles. The fourth-order valence-electron chi connectivity index (χ4n) is 8.23. The number of nitrogens with zero attached hydrogens (tertiary/aromatic N) is 2. The van der Waals surface area contributed by atoms with E-state index in [1.807, 2.05) is 60.9 Å². The fourth-order valence-corrected chi connectivity index (χ4v) is 8.23. The molecule has 2 fully saturated rings. The van der Waals surface area contributed by atoms with Gasteiger partial charge < -0.3 is 38.7 Å². The molecule has 2 atom stereocenters. The van der Waals surface area contributed by atoms with Crippen molar-refractivity contribution >= 4 is 33.7 Å². The summed E-state index contributed by atoms with van der Waals surface area (Å²) in [6.07, 6.45) is 6.61. The van der Waals surface area contributed by atoms with Crippen LogP contribution in [0.3, 0.4) is 0 Å². The van der Waals surface area contributed by atoms with Gasteiger partial charge in [-0.15, -0.1) is 0 Å². The number of carbonyl (C=O) groups excluding carboxylic acids is 2. The maximum atomic E-state index is 13.6. The van der Waals surface area contributed by atoms with Gasteiger partial charge in [-0.25, -0.2) is 9.59 Å². The van der Waals surface area contributed by atoms with Crippen LogP contribution >= 0.6 is 0 Å². The Morgan fingerprint density at radius 2 is 0.946 bits per heavy atom. The Bertz CT molecular complexity index is 2010. The third-order valence-electron chi connectivity index (χ3n) is 11.3. The summed E-state index contributed by atoms with van der Waals surface area (Å²) >= 11 is 0. The van der Waals surface area contributed by atoms with Gasteiger partial charge >= 0.3 is 11.9 Å². The lowest BCUT2D eigenvalue weighted by molar-refractivity contribution is -0.191. The van der Waals surface area contributed by atoms with Crippen LogP contribution in [-0.4, -0.2) is 83.6 Å². The van der Waals surface area contributed by atoms with Gasteiger partial charge in [0.2, 0.25) is 12.6 Å². The topological polar surface area (TPSA) is 109 Å². The molecule has 2 saturated heterocycles. The highest BCUT2D eigenvalue weighted by molar-refractivity contribution is 6.29. The molecule has 2 aliphatic heterocycles. The van der Waals surface area contributed by atoms with Gasteiger partial charge in [0.15, 0.2) is 0 Å². The molecule has 0 spiro atoms. The van der Waals surface area contributed by atoms with Crippen LogP contribution in [0.25, 0.3) is 21.8 Å². The summed E-state index contributed by atoms with van der Waals surface area (Å²) in [5.74, 6) is -0.0472. The molecule has 0 aliphatic carbocycles. The normalized spacial score (nSPS) is 17.1. The zero-order chi connectivity index (χ0) is 38.1. The van der Waals surface area contributed by atoms with Crippen LogP contribution < -0.4 is 9.47 Å². The fraction of sp³-hybridized carbons (Fsp3) is 0.348. The molecule has 10 nitrogen and oxygen atoms in total. The number of esters is 2. The first-order valence-electron chi connectivity index (χ1n) is 20.0. The van der Waals surface area contributed by atoms with Crippen molar-refractivity contribution in [3.05, 3.63) is 133 Å². The van der Waals surface area contributed by atoms with Gasteiger partial charge in [-0.05, 0) is 111 Å². The van der Waals surface area contributed by atoms with Crippen molar-refractivity contribution in [2.24, 2.45) is 0 Å². The third kappa shape index (κ3) is 9.26. The van der Waals surface area contributed by atoms with E-state index in [0.29, 0.717) is 49.3 Å². The molecule has 4 heterocycles. The summed E-state index contributed by atoms with van der Waals surface area (Å²) < 4.78 is 24.4. The lowest BCUT2D eigenvalue weighted by Crippen LogP contribution is -2.39. The Balaban J connectivity index is 0.921. The van der Waals surface area contributed by atoms with Crippen LogP contribution in [0, 0.1) is 0 Å². The van der Waals surface area contributed by atoms with E-state index in [-0.39, 0.29) is 0 Å². The predicted molar refractivity (Wildman–Crippen MR) is 217 cm³/mol. The first-order chi connectivity index (χ1) is 27.6. The zero-order valence-electron chi connectivity index (χ0n) is 31.7. The minimum Gasteiger partial charge on any atom is -0.454 e. The Labute approximate surface area is 327 Å². The van der Waals surface area contributed by atoms with Crippen molar-refractivity contribution in [2.75, 3.05) is 39.3 Å². The van der Waals surface area contributed by atoms with Crippen LogP contribution in [0.4, 0.5) is 0 Å². The number of piperidine rings is 2. The van der Waals surface area contributed by atoms with Gasteiger partial charge in [0.05, 0.1) is 0 Å². The van der Waals surface area contributed by atoms with Gasteiger partial charge in [-0.3, -0.25) is 0 Å². The molecule has 2 aliphatic rings. The molecule has 6 aromatic rings. The maximum absolute atomic E-state index is 13.6. The first-order valence-corrected chi connectivity index (χ1v) is 20.0. The molecule has 2 unspecified atom stereocenters. The number of carbonyl (C=O) groups is 2. The smallest absolute Gasteiger partial charge is 0.420 e. The molecule has 2 N–H and O–H groups in total. The maximum Gasteiger partial charge on any atom is 0.420 e. The quantitative estimate of drug-likeness (QED) is 0.0649. The lowest BCUT2D eigenvalue weighted by atomic mass is 9.89. The van der Waals surface area contributed by atoms with E-state index in [1.165, 1.54) is 11.1 Å². The Morgan fingerprint density at radius 1 is 0.536 bits per heavy atom. The SMILES string of the molecule is O=C(OC(CCN1CCC(c2ccccc2)CC1)Oc1cccc2[nH]ccc12)C(=O)OC(CCN1CCC(c2ccccc2)CC1)Oc1cccc2[nH]ccc12. The van der Waals surface area contributed by atoms with Crippen molar-refractivity contribution in [1.82, 2.24) is 19.8 Å². The summed E-state index contributed by atoms with van der Waals surface area (Å²) in [7, 11) is 0. The highest BCUT2D eigenvalue weighted by Crippen LogP contribution is 2.31. The van der Waals surface area contributed by atoms with Gasteiger partial charge in [-0.2, -0.15) is 0 Å². The largest absolute Gasteiger partial charge is 0.454 e. The number of aromatic nitrogens is 2. The van der Waals surface area contributed by atoms with E-state index in [2.05, 4.69) is 80.4 Å². The average molecular weight is 755 g/mol. The standard InChI is InChI=1S/C46H50N4O6/c51-45(55-43(53-41-15-7-13-39-37(41)17-25-47-39)23-31-49-27-19-35(20-28-49)33-9-3-1-4-10-33)46(52)56-44(54-42-16-8-14-40-38(42)18-26-48-40)24-32-50-29-21-36(22-30-50)34-11-5-2-6-12-34/h1-18,25-26,35-36,43-44,47-48H,19-24,27-32H2. The predicted octanol–water partition coefficient (Wildman–Crippen LogP) is 8.39.